The number of nitrogens with zero attached hydrogens (tertiary/aromatic N) is 1. The first-order chi connectivity index (χ1) is 15.0. The number of esters is 1. The van der Waals surface area contributed by atoms with Crippen LogP contribution in [0.2, 0.25) is 5.02 Å². The zero-order chi connectivity index (χ0) is 22.0. The quantitative estimate of drug-likeness (QED) is 0.515. The number of benzene rings is 3. The summed E-state index contributed by atoms with van der Waals surface area (Å²) in [5, 5.41) is 0.538. The van der Waals surface area contributed by atoms with Crippen LogP contribution >= 0.6 is 11.6 Å². The van der Waals surface area contributed by atoms with Gasteiger partial charge in [-0.05, 0) is 35.9 Å². The van der Waals surface area contributed by atoms with Gasteiger partial charge in [0.05, 0.1) is 26.3 Å². The summed E-state index contributed by atoms with van der Waals surface area (Å²) < 4.78 is 16.3. The molecule has 158 valence electrons. The van der Waals surface area contributed by atoms with Gasteiger partial charge >= 0.3 is 5.97 Å². The predicted molar refractivity (Wildman–Crippen MR) is 115 cm³/mol. The van der Waals surface area contributed by atoms with Crippen LogP contribution in [0.15, 0.2) is 66.7 Å². The Morgan fingerprint density at radius 1 is 0.968 bits per heavy atom. The number of fused-ring (bicyclic) bond motifs is 1. The van der Waals surface area contributed by atoms with Crippen LogP contribution in [-0.4, -0.2) is 31.0 Å². The summed E-state index contributed by atoms with van der Waals surface area (Å²) in [6.07, 6.45) is -0.874. The molecule has 1 heterocycles. The van der Waals surface area contributed by atoms with Gasteiger partial charge in [-0.15, -0.1) is 0 Å². The molecule has 0 radical (unpaired) electrons. The van der Waals surface area contributed by atoms with Crippen molar-refractivity contribution in [3.63, 3.8) is 0 Å². The number of hydrogen-bond donors (Lipinski definition) is 0. The Balaban J connectivity index is 1.66. The molecule has 0 spiro atoms. The molecule has 1 aliphatic rings. The largest absolute Gasteiger partial charge is 0.493 e. The molecule has 0 fully saturated rings. The third-order valence-corrected chi connectivity index (χ3v) is 5.51. The van der Waals surface area contributed by atoms with Gasteiger partial charge in [-0.25, -0.2) is 4.79 Å². The molecular formula is C24H20ClNO5. The van der Waals surface area contributed by atoms with Crippen molar-refractivity contribution in [3.8, 4) is 11.5 Å². The highest BCUT2D eigenvalue weighted by Crippen LogP contribution is 2.37. The molecule has 1 aliphatic heterocycles. The van der Waals surface area contributed by atoms with E-state index in [4.69, 9.17) is 25.8 Å². The van der Waals surface area contributed by atoms with Gasteiger partial charge in [-0.1, -0.05) is 48.0 Å². The summed E-state index contributed by atoms with van der Waals surface area (Å²) in [7, 11) is 3.01. The Morgan fingerprint density at radius 2 is 1.68 bits per heavy atom. The van der Waals surface area contributed by atoms with Crippen LogP contribution in [0.5, 0.6) is 11.5 Å². The van der Waals surface area contributed by atoms with Crippen LogP contribution in [0, 0.1) is 0 Å². The van der Waals surface area contributed by atoms with Gasteiger partial charge in [0.15, 0.2) is 11.5 Å². The van der Waals surface area contributed by atoms with Gasteiger partial charge < -0.3 is 14.2 Å². The van der Waals surface area contributed by atoms with Crippen LogP contribution in [0.4, 0.5) is 0 Å². The smallest absolute Gasteiger partial charge is 0.340 e. The second kappa shape index (κ2) is 8.70. The number of halogens is 1. The fraction of sp³-hybridized carbons (Fsp3) is 0.167. The number of hydrogen-bond acceptors (Lipinski definition) is 5. The molecule has 4 rings (SSSR count). The van der Waals surface area contributed by atoms with E-state index in [1.165, 1.54) is 19.1 Å². The fourth-order valence-electron chi connectivity index (χ4n) is 3.56. The standard InChI is InChI=1S/C24H20ClNO5/c1-29-20-12-11-15(13-21(20)30-2)24(28)31-23-18-9-5-4-8-17(18)22(27)26(23)14-16-7-3-6-10-19(16)25/h3-13,23H,14H2,1-2H3. The van der Waals surface area contributed by atoms with Crippen molar-refractivity contribution in [2.45, 2.75) is 12.8 Å². The first-order valence-electron chi connectivity index (χ1n) is 9.59. The van der Waals surface area contributed by atoms with E-state index in [1.807, 2.05) is 24.3 Å². The zero-order valence-corrected chi connectivity index (χ0v) is 17.8. The van der Waals surface area contributed by atoms with E-state index in [1.54, 1.807) is 42.5 Å². The molecule has 1 unspecified atom stereocenters. The van der Waals surface area contributed by atoms with Crippen molar-refractivity contribution in [2.24, 2.45) is 0 Å². The highest BCUT2D eigenvalue weighted by atomic mass is 35.5. The highest BCUT2D eigenvalue weighted by molar-refractivity contribution is 6.31. The van der Waals surface area contributed by atoms with E-state index in [9.17, 15) is 9.59 Å². The molecule has 0 saturated heterocycles. The Bertz CT molecular complexity index is 1150. The average Bonchev–Trinajstić information content (AvgIpc) is 3.06. The van der Waals surface area contributed by atoms with Gasteiger partial charge in [0.1, 0.15) is 0 Å². The maximum Gasteiger partial charge on any atom is 0.340 e. The fourth-order valence-corrected chi connectivity index (χ4v) is 3.76. The van der Waals surface area contributed by atoms with Crippen LogP contribution in [-0.2, 0) is 11.3 Å². The predicted octanol–water partition coefficient (Wildman–Crippen LogP) is 4.87. The van der Waals surface area contributed by atoms with E-state index in [-0.39, 0.29) is 18.0 Å². The SMILES string of the molecule is COc1ccc(C(=O)OC2c3ccccc3C(=O)N2Cc2ccccc2Cl)cc1OC. The number of ether oxygens (including phenoxy) is 3. The van der Waals surface area contributed by atoms with Crippen LogP contribution < -0.4 is 9.47 Å². The molecular weight excluding hydrogens is 418 g/mol. The summed E-state index contributed by atoms with van der Waals surface area (Å²) in [6.45, 7) is 0.205. The average molecular weight is 438 g/mol. The monoisotopic (exact) mass is 437 g/mol. The topological polar surface area (TPSA) is 65.1 Å². The van der Waals surface area contributed by atoms with Crippen molar-refractivity contribution in [3.05, 3.63) is 94.0 Å². The molecule has 0 aromatic heterocycles. The minimum Gasteiger partial charge on any atom is -0.493 e. The molecule has 7 heteroatoms. The number of carbonyl (C=O) groups is 2. The summed E-state index contributed by atoms with van der Waals surface area (Å²) in [6, 6.07) is 19.1. The highest BCUT2D eigenvalue weighted by Gasteiger charge is 2.39. The lowest BCUT2D eigenvalue weighted by Crippen LogP contribution is -2.30. The van der Waals surface area contributed by atoms with Crippen molar-refractivity contribution in [2.75, 3.05) is 14.2 Å². The normalized spacial score (nSPS) is 14.9. The van der Waals surface area contributed by atoms with Crippen molar-refractivity contribution in [1.82, 2.24) is 4.90 Å². The summed E-state index contributed by atoms with van der Waals surface area (Å²) in [5.41, 5.74) is 2.18. The van der Waals surface area contributed by atoms with Crippen molar-refractivity contribution in [1.29, 1.82) is 0 Å². The number of amides is 1. The van der Waals surface area contributed by atoms with Crippen LogP contribution in [0.25, 0.3) is 0 Å². The van der Waals surface area contributed by atoms with E-state index in [0.29, 0.717) is 27.6 Å². The Kier molecular flexibility index (Phi) is 5.82. The second-order valence-electron chi connectivity index (χ2n) is 6.94. The lowest BCUT2D eigenvalue weighted by atomic mass is 10.1. The Labute approximate surface area is 184 Å². The minimum atomic E-state index is -0.874. The molecule has 3 aromatic rings. The summed E-state index contributed by atoms with van der Waals surface area (Å²) in [5.74, 6) is 0.105. The Morgan fingerprint density at radius 3 is 2.42 bits per heavy atom. The third-order valence-electron chi connectivity index (χ3n) is 5.14. The maximum atomic E-state index is 13.1. The first kappa shape index (κ1) is 20.8. The summed E-state index contributed by atoms with van der Waals surface area (Å²) in [4.78, 5) is 27.6. The molecule has 3 aromatic carbocycles. The molecule has 1 amide bonds. The summed E-state index contributed by atoms with van der Waals surface area (Å²) >= 11 is 6.30. The Hall–Kier alpha value is -3.51. The van der Waals surface area contributed by atoms with E-state index >= 15 is 0 Å². The number of rotatable bonds is 6. The van der Waals surface area contributed by atoms with Gasteiger partial charge in [0.2, 0.25) is 6.23 Å². The molecule has 0 N–H and O–H groups in total. The van der Waals surface area contributed by atoms with Crippen LogP contribution in [0.1, 0.15) is 38.1 Å². The maximum absolute atomic E-state index is 13.1. The van der Waals surface area contributed by atoms with Crippen molar-refractivity contribution < 1.29 is 23.8 Å². The zero-order valence-electron chi connectivity index (χ0n) is 17.0. The molecule has 0 bridgehead atoms. The third kappa shape index (κ3) is 3.94. The second-order valence-corrected chi connectivity index (χ2v) is 7.35. The molecule has 0 saturated carbocycles. The van der Waals surface area contributed by atoms with E-state index in [2.05, 4.69) is 0 Å². The van der Waals surface area contributed by atoms with Crippen molar-refractivity contribution >= 4 is 23.5 Å². The van der Waals surface area contributed by atoms with Crippen LogP contribution in [0.3, 0.4) is 0 Å². The molecule has 6 nitrogen and oxygen atoms in total. The van der Waals surface area contributed by atoms with Gasteiger partial charge in [0.25, 0.3) is 5.91 Å². The lowest BCUT2D eigenvalue weighted by molar-refractivity contribution is -0.0211. The minimum absolute atomic E-state index is 0.205. The van der Waals surface area contributed by atoms with E-state index in [0.717, 1.165) is 5.56 Å². The molecule has 1 atom stereocenters. The van der Waals surface area contributed by atoms with Gasteiger partial charge in [-0.2, -0.15) is 0 Å². The van der Waals surface area contributed by atoms with Gasteiger partial charge in [-0.3, -0.25) is 9.69 Å². The number of carbonyl (C=O) groups excluding carboxylic acids is 2. The molecule has 31 heavy (non-hydrogen) atoms. The van der Waals surface area contributed by atoms with Gasteiger partial charge in [0, 0.05) is 16.1 Å². The van der Waals surface area contributed by atoms with E-state index < -0.39 is 12.2 Å². The number of methoxy groups -OCH3 is 2. The molecule has 0 aliphatic carbocycles. The first-order valence-corrected chi connectivity index (χ1v) is 9.97. The lowest BCUT2D eigenvalue weighted by Gasteiger charge is -2.25.